The van der Waals surface area contributed by atoms with Crippen LogP contribution in [0.15, 0.2) is 30.3 Å². The summed E-state index contributed by atoms with van der Waals surface area (Å²) >= 11 is 0. The summed E-state index contributed by atoms with van der Waals surface area (Å²) in [6.45, 7) is 5.12. The van der Waals surface area contributed by atoms with Crippen LogP contribution in [0.1, 0.15) is 42.5 Å². The van der Waals surface area contributed by atoms with Crippen molar-refractivity contribution in [3.63, 3.8) is 0 Å². The summed E-state index contributed by atoms with van der Waals surface area (Å²) in [7, 11) is 0. The third-order valence-corrected chi connectivity index (χ3v) is 6.17. The lowest BCUT2D eigenvalue weighted by atomic mass is 9.69. The van der Waals surface area contributed by atoms with Crippen molar-refractivity contribution in [1.82, 2.24) is 10.2 Å². The molecule has 2 saturated heterocycles. The van der Waals surface area contributed by atoms with E-state index in [4.69, 9.17) is 4.74 Å². The van der Waals surface area contributed by atoms with Crippen LogP contribution in [-0.2, 0) is 4.74 Å². The molecule has 3 aliphatic rings. The van der Waals surface area contributed by atoms with Crippen molar-refractivity contribution >= 4 is 5.91 Å². The lowest BCUT2D eigenvalue weighted by Crippen LogP contribution is -2.57. The van der Waals surface area contributed by atoms with Crippen molar-refractivity contribution in [3.05, 3.63) is 35.9 Å². The number of benzene rings is 1. The van der Waals surface area contributed by atoms with Crippen molar-refractivity contribution in [3.8, 4) is 0 Å². The van der Waals surface area contributed by atoms with Crippen LogP contribution in [-0.4, -0.2) is 49.7 Å². The highest BCUT2D eigenvalue weighted by Gasteiger charge is 2.44. The maximum Gasteiger partial charge on any atom is 0.251 e. The second-order valence-electron chi connectivity index (χ2n) is 7.82. The lowest BCUT2D eigenvalue weighted by molar-refractivity contribution is -0.0484. The van der Waals surface area contributed by atoms with Gasteiger partial charge in [0, 0.05) is 18.7 Å². The fourth-order valence-electron chi connectivity index (χ4n) is 4.30. The molecule has 1 N–H and O–H groups in total. The first kappa shape index (κ1) is 16.1. The molecule has 0 aromatic heterocycles. The summed E-state index contributed by atoms with van der Waals surface area (Å²) in [6, 6.07) is 9.67. The molecule has 1 unspecified atom stereocenters. The quantitative estimate of drug-likeness (QED) is 0.924. The average Bonchev–Trinajstić information content (AvgIpc) is 3.44. The number of ether oxygens (including phenoxy) is 1. The van der Waals surface area contributed by atoms with Gasteiger partial charge in [0.25, 0.3) is 5.91 Å². The van der Waals surface area contributed by atoms with E-state index in [0.717, 1.165) is 24.5 Å². The predicted octanol–water partition coefficient (Wildman–Crippen LogP) is 2.70. The van der Waals surface area contributed by atoms with E-state index in [1.54, 1.807) is 0 Å². The van der Waals surface area contributed by atoms with Crippen molar-refractivity contribution in [2.24, 2.45) is 11.3 Å². The summed E-state index contributed by atoms with van der Waals surface area (Å²) in [5.74, 6) is 0.994. The maximum absolute atomic E-state index is 12.6. The van der Waals surface area contributed by atoms with Crippen molar-refractivity contribution in [1.29, 1.82) is 0 Å². The van der Waals surface area contributed by atoms with Gasteiger partial charge in [-0.2, -0.15) is 0 Å². The van der Waals surface area contributed by atoms with Gasteiger partial charge in [0.15, 0.2) is 0 Å². The average molecular weight is 328 g/mol. The minimum absolute atomic E-state index is 0.0332. The van der Waals surface area contributed by atoms with Gasteiger partial charge in [-0.05, 0) is 68.7 Å². The molecule has 1 saturated carbocycles. The first-order chi connectivity index (χ1) is 11.8. The smallest absolute Gasteiger partial charge is 0.251 e. The molecular formula is C20H28N2O2. The molecule has 130 valence electrons. The number of likely N-dealkylation sites (tertiary alicyclic amines) is 1. The van der Waals surface area contributed by atoms with Crippen LogP contribution in [0, 0.1) is 11.3 Å². The minimum atomic E-state index is 0.0332. The summed E-state index contributed by atoms with van der Waals surface area (Å²) in [6.07, 6.45) is 6.28. The van der Waals surface area contributed by atoms with Crippen molar-refractivity contribution < 1.29 is 9.53 Å². The fourth-order valence-corrected chi connectivity index (χ4v) is 4.30. The van der Waals surface area contributed by atoms with E-state index in [0.29, 0.717) is 6.61 Å². The largest absolute Gasteiger partial charge is 0.379 e. The second kappa shape index (κ2) is 6.85. The van der Waals surface area contributed by atoms with Gasteiger partial charge in [0.1, 0.15) is 0 Å². The number of carbonyl (C=O) groups is 1. The predicted molar refractivity (Wildman–Crippen MR) is 94.0 cm³/mol. The van der Waals surface area contributed by atoms with E-state index >= 15 is 0 Å². The van der Waals surface area contributed by atoms with Gasteiger partial charge in [0.2, 0.25) is 0 Å². The van der Waals surface area contributed by atoms with Gasteiger partial charge in [-0.3, -0.25) is 4.79 Å². The molecule has 4 rings (SSSR count). The molecule has 1 aliphatic carbocycles. The van der Waals surface area contributed by atoms with E-state index in [2.05, 4.69) is 10.2 Å². The molecule has 4 heteroatoms. The zero-order valence-electron chi connectivity index (χ0n) is 14.4. The molecular weight excluding hydrogens is 300 g/mol. The van der Waals surface area contributed by atoms with Gasteiger partial charge < -0.3 is 15.0 Å². The van der Waals surface area contributed by atoms with E-state index in [1.165, 1.54) is 45.3 Å². The van der Waals surface area contributed by atoms with Crippen LogP contribution in [0.3, 0.4) is 0 Å². The topological polar surface area (TPSA) is 41.6 Å². The molecule has 1 spiro atoms. The van der Waals surface area contributed by atoms with Gasteiger partial charge in [-0.1, -0.05) is 18.2 Å². The molecule has 1 atom stereocenters. The summed E-state index contributed by atoms with van der Waals surface area (Å²) in [5, 5.41) is 3.28. The van der Waals surface area contributed by atoms with Crippen LogP contribution in [0.25, 0.3) is 0 Å². The van der Waals surface area contributed by atoms with E-state index in [-0.39, 0.29) is 17.4 Å². The fraction of sp³-hybridized carbons (Fsp3) is 0.650. The number of hydrogen-bond donors (Lipinski definition) is 1. The Bertz CT molecular complexity index is 562. The highest BCUT2D eigenvalue weighted by atomic mass is 16.5. The summed E-state index contributed by atoms with van der Waals surface area (Å²) < 4.78 is 5.72. The minimum Gasteiger partial charge on any atom is -0.379 e. The Morgan fingerprint density at radius 1 is 1.17 bits per heavy atom. The van der Waals surface area contributed by atoms with Crippen LogP contribution in [0.2, 0.25) is 0 Å². The summed E-state index contributed by atoms with van der Waals surface area (Å²) in [4.78, 5) is 15.2. The Morgan fingerprint density at radius 3 is 2.62 bits per heavy atom. The molecule has 24 heavy (non-hydrogen) atoms. The van der Waals surface area contributed by atoms with Crippen molar-refractivity contribution in [2.75, 3.05) is 32.8 Å². The molecule has 2 aliphatic heterocycles. The Morgan fingerprint density at radius 2 is 1.92 bits per heavy atom. The number of nitrogens with zero attached hydrogens (tertiary/aromatic N) is 1. The number of piperidine rings is 1. The molecule has 1 aromatic carbocycles. The first-order valence-corrected chi connectivity index (χ1v) is 9.41. The van der Waals surface area contributed by atoms with Gasteiger partial charge in [-0.15, -0.1) is 0 Å². The van der Waals surface area contributed by atoms with Crippen LogP contribution in [0.5, 0.6) is 0 Å². The van der Waals surface area contributed by atoms with E-state index < -0.39 is 0 Å². The molecule has 0 radical (unpaired) electrons. The molecule has 4 nitrogen and oxygen atoms in total. The number of amides is 1. The Balaban J connectivity index is 1.40. The van der Waals surface area contributed by atoms with Crippen molar-refractivity contribution in [2.45, 2.75) is 38.1 Å². The zero-order chi connectivity index (χ0) is 16.4. The lowest BCUT2D eigenvalue weighted by Gasteiger charge is -2.49. The first-order valence-electron chi connectivity index (χ1n) is 9.41. The maximum atomic E-state index is 12.6. The second-order valence-corrected chi connectivity index (χ2v) is 7.82. The van der Waals surface area contributed by atoms with Gasteiger partial charge >= 0.3 is 0 Å². The van der Waals surface area contributed by atoms with E-state index in [1.807, 2.05) is 30.3 Å². The molecule has 0 bridgehead atoms. The normalized spacial score (nSPS) is 27.1. The third-order valence-electron chi connectivity index (χ3n) is 6.17. The van der Waals surface area contributed by atoms with Crippen LogP contribution >= 0.6 is 0 Å². The number of rotatable bonds is 4. The van der Waals surface area contributed by atoms with Gasteiger partial charge in [-0.25, -0.2) is 0 Å². The van der Waals surface area contributed by atoms with Crippen LogP contribution < -0.4 is 5.32 Å². The Kier molecular flexibility index (Phi) is 4.59. The Labute approximate surface area is 144 Å². The molecule has 1 aromatic rings. The number of carbonyl (C=O) groups excluding carboxylic acids is 1. The van der Waals surface area contributed by atoms with Crippen LogP contribution in [0.4, 0.5) is 0 Å². The summed E-state index contributed by atoms with van der Waals surface area (Å²) in [5.41, 5.74) is 0.965. The highest BCUT2D eigenvalue weighted by Crippen LogP contribution is 2.42. The SMILES string of the molecule is O=C(NC1COCCC12CCN(CC1CC1)CC2)c1ccccc1. The highest BCUT2D eigenvalue weighted by molar-refractivity contribution is 5.94. The molecule has 2 heterocycles. The number of hydrogen-bond acceptors (Lipinski definition) is 3. The van der Waals surface area contributed by atoms with E-state index in [9.17, 15) is 4.79 Å². The molecule has 3 fully saturated rings. The monoisotopic (exact) mass is 328 g/mol. The number of nitrogens with one attached hydrogen (secondary N) is 1. The molecule has 1 amide bonds. The standard InChI is InChI=1S/C20H28N2O2/c23-19(17-4-2-1-3-5-17)21-18-15-24-13-10-20(18)8-11-22(12-9-20)14-16-6-7-16/h1-5,16,18H,6-15H2,(H,21,23). The van der Waals surface area contributed by atoms with Gasteiger partial charge in [0.05, 0.1) is 12.6 Å². The zero-order valence-corrected chi connectivity index (χ0v) is 14.4. The third kappa shape index (κ3) is 3.50. The Hall–Kier alpha value is -1.39.